The van der Waals surface area contributed by atoms with Gasteiger partial charge in [0.05, 0.1) is 39.5 Å². The van der Waals surface area contributed by atoms with E-state index in [1.54, 1.807) is 35.0 Å². The van der Waals surface area contributed by atoms with Crippen LogP contribution in [0.5, 0.6) is 0 Å². The maximum Gasteiger partial charge on any atom is 0.315 e. The molecule has 6 heterocycles. The van der Waals surface area contributed by atoms with Gasteiger partial charge in [-0.25, -0.2) is 19.2 Å². The summed E-state index contributed by atoms with van der Waals surface area (Å²) in [6.45, 7) is 12.5. The number of nitrogens with zero attached hydrogens (tertiary/aromatic N) is 6. The SMILES string of the molecule is Cc1ncsc1-c1ccc(C(C)NC(=O)[C@@H]2C[C@@H](O)CN2C(=O)C(NC(=O)NCCCN2CCN(c3cccc(-c4cc5c(C(=O)c6ccccc6NS(=O)(=O)N6CC[C@@H](F)C6)c(F)[nH]c5nc4F)c3)CC2)C(C)(C)C)cc1. The Balaban J connectivity index is 0.768. The highest BCUT2D eigenvalue weighted by molar-refractivity contribution is 7.90. The van der Waals surface area contributed by atoms with Crippen molar-refractivity contribution in [2.75, 3.05) is 68.5 Å². The number of aromatic amines is 1. The normalized spacial score (nSPS) is 19.2. The molecule has 0 radical (unpaired) electrons. The number of carbonyl (C=O) groups excluding carboxylic acids is 4. The molecule has 5 atom stereocenters. The van der Waals surface area contributed by atoms with Gasteiger partial charge in [0.2, 0.25) is 23.7 Å². The number of anilines is 2. The summed E-state index contributed by atoms with van der Waals surface area (Å²) in [6, 6.07) is 19.2. The minimum absolute atomic E-state index is 0.00963. The Labute approximate surface area is 455 Å². The molecule has 9 rings (SSSR count). The second-order valence-corrected chi connectivity index (χ2v) is 23.7. The van der Waals surface area contributed by atoms with E-state index in [0.29, 0.717) is 51.3 Å². The van der Waals surface area contributed by atoms with Gasteiger partial charge < -0.3 is 35.8 Å². The average molecular weight is 1110 g/mol. The van der Waals surface area contributed by atoms with Crippen molar-refractivity contribution in [2.45, 2.75) is 84.3 Å². The van der Waals surface area contributed by atoms with E-state index in [4.69, 9.17) is 0 Å². The van der Waals surface area contributed by atoms with Crippen LogP contribution >= 0.6 is 11.3 Å². The minimum Gasteiger partial charge on any atom is -0.391 e. The monoisotopic (exact) mass is 1110 g/mol. The number of urea groups is 1. The summed E-state index contributed by atoms with van der Waals surface area (Å²) < 4.78 is 74.8. The predicted octanol–water partition coefficient (Wildman–Crippen LogP) is 6.94. The summed E-state index contributed by atoms with van der Waals surface area (Å²) in [7, 11) is -4.24. The zero-order valence-electron chi connectivity index (χ0n) is 44.0. The van der Waals surface area contributed by atoms with Gasteiger partial charge in [-0.1, -0.05) is 69.3 Å². The first kappa shape index (κ1) is 55.8. The molecule has 3 aliphatic heterocycles. The van der Waals surface area contributed by atoms with Crippen LogP contribution in [0.25, 0.3) is 32.6 Å². The average Bonchev–Trinajstić information content (AvgIpc) is 4.24. The number of benzene rings is 3. The van der Waals surface area contributed by atoms with Crippen LogP contribution in [0.1, 0.15) is 80.2 Å². The standard InChI is InChI=1S/C55H64F3N11O7S2/c1-32(34-14-16-35(17-15-34)47-33(2)60-31-77-47)61-52(72)44-27-39(70)30-69(44)53(73)48(55(3,4)5)62-54(74)59-19-9-20-66-22-24-67(25-23-66)38-11-8-10-36(26-38)41-28-42-45(50(58)64-51(42)63-49(41)57)46(71)40-12-6-7-13-43(40)65-78(75,76)68-21-18-37(56)29-68/h6-8,10-17,26,28,31-32,37,39,44,48,65,70H,9,18-25,27,29-30H2,1-5H3,(H,61,72)(H,63,64)(H2,59,62,74)/t32?,37-,39-,44+,48?/m1/s1. The number of thiazole rings is 1. The largest absolute Gasteiger partial charge is 0.391 e. The number of β-amino-alcohol motifs (C(OH)–C–C–N with tert-alkyl or cyclic N) is 1. The lowest BCUT2D eigenvalue weighted by molar-refractivity contribution is -0.142. The van der Waals surface area contributed by atoms with Crippen molar-refractivity contribution in [3.05, 3.63) is 119 Å². The van der Waals surface area contributed by atoms with Gasteiger partial charge in [0.15, 0.2) is 5.78 Å². The van der Waals surface area contributed by atoms with Crippen LogP contribution in [-0.2, 0) is 19.8 Å². The minimum atomic E-state index is -4.24. The molecule has 3 saturated heterocycles. The quantitative estimate of drug-likeness (QED) is 0.0312. The Bertz CT molecular complexity index is 3310. The van der Waals surface area contributed by atoms with E-state index in [9.17, 15) is 37.1 Å². The van der Waals surface area contributed by atoms with Crippen LogP contribution in [0.3, 0.4) is 0 Å². The molecule has 6 N–H and O–H groups in total. The van der Waals surface area contributed by atoms with Crippen molar-refractivity contribution < 1.29 is 45.9 Å². The number of rotatable bonds is 17. The first-order valence-electron chi connectivity index (χ1n) is 26.0. The van der Waals surface area contributed by atoms with Gasteiger partial charge >= 0.3 is 16.2 Å². The highest BCUT2D eigenvalue weighted by Crippen LogP contribution is 2.35. The summed E-state index contributed by atoms with van der Waals surface area (Å²) >= 11 is 1.56. The number of fused-ring (bicyclic) bond motifs is 1. The van der Waals surface area contributed by atoms with E-state index < -0.39 is 81.1 Å². The Morgan fingerprint density at radius 3 is 2.36 bits per heavy atom. The fraction of sp³-hybridized carbons (Fsp3) is 0.418. The first-order valence-corrected chi connectivity index (χ1v) is 28.3. The topological polar surface area (TPSA) is 225 Å². The van der Waals surface area contributed by atoms with Gasteiger partial charge in [-0.2, -0.15) is 21.5 Å². The molecule has 3 aromatic carbocycles. The summed E-state index contributed by atoms with van der Waals surface area (Å²) in [4.78, 5) is 72.9. The van der Waals surface area contributed by atoms with Gasteiger partial charge in [-0.3, -0.25) is 24.0 Å². The van der Waals surface area contributed by atoms with Crippen LogP contribution < -0.4 is 25.6 Å². The van der Waals surface area contributed by atoms with E-state index in [1.807, 2.05) is 65.0 Å². The van der Waals surface area contributed by atoms with E-state index in [1.165, 1.54) is 35.2 Å². The summed E-state index contributed by atoms with van der Waals surface area (Å²) in [5.41, 5.74) is 4.20. The summed E-state index contributed by atoms with van der Waals surface area (Å²) in [5.74, 6) is -3.71. The number of carbonyl (C=O) groups is 4. The molecule has 6 aromatic rings. The number of halogens is 3. The number of nitrogens with one attached hydrogen (secondary N) is 5. The van der Waals surface area contributed by atoms with Crippen molar-refractivity contribution in [3.63, 3.8) is 0 Å². The molecule has 0 aliphatic carbocycles. The Morgan fingerprint density at radius 1 is 0.923 bits per heavy atom. The van der Waals surface area contributed by atoms with Crippen LogP contribution in [0.2, 0.25) is 0 Å². The third-order valence-corrected chi connectivity index (χ3v) is 17.1. The molecule has 0 bridgehead atoms. The van der Waals surface area contributed by atoms with E-state index in [2.05, 4.69) is 45.4 Å². The Hall–Kier alpha value is -6.92. The molecule has 78 heavy (non-hydrogen) atoms. The summed E-state index contributed by atoms with van der Waals surface area (Å²) in [6.07, 6.45) is -1.51. The maximum atomic E-state index is 15.8. The Kier molecular flexibility index (Phi) is 16.6. The van der Waals surface area contributed by atoms with Crippen LogP contribution in [0.15, 0.2) is 84.4 Å². The van der Waals surface area contributed by atoms with Gasteiger partial charge in [0, 0.05) is 81.0 Å². The second kappa shape index (κ2) is 23.2. The smallest absolute Gasteiger partial charge is 0.315 e. The van der Waals surface area contributed by atoms with Crippen molar-refractivity contribution in [1.29, 1.82) is 0 Å². The molecule has 4 amide bonds. The number of hydrogen-bond acceptors (Lipinski definition) is 12. The molecular formula is C55H64F3N11O7S2. The molecule has 3 fully saturated rings. The van der Waals surface area contributed by atoms with Crippen molar-refractivity contribution in [1.82, 2.24) is 45.0 Å². The van der Waals surface area contributed by atoms with Crippen LogP contribution in [0, 0.1) is 24.2 Å². The zero-order chi connectivity index (χ0) is 55.6. The highest BCUT2D eigenvalue weighted by Gasteiger charge is 2.45. The molecule has 3 aromatic heterocycles. The molecular weight excluding hydrogens is 1050 g/mol. The van der Waals surface area contributed by atoms with Gasteiger partial charge in [0.25, 0.3) is 0 Å². The predicted molar refractivity (Wildman–Crippen MR) is 293 cm³/mol. The lowest BCUT2D eigenvalue weighted by atomic mass is 9.85. The number of H-pyrrole nitrogens is 1. The number of aliphatic hydroxyl groups is 1. The molecule has 0 spiro atoms. The van der Waals surface area contributed by atoms with Crippen molar-refractivity contribution in [2.24, 2.45) is 5.41 Å². The third-order valence-electron chi connectivity index (χ3n) is 14.6. The van der Waals surface area contributed by atoms with Gasteiger partial charge in [0.1, 0.15) is 23.9 Å². The number of hydrogen-bond donors (Lipinski definition) is 6. The number of para-hydroxylation sites is 1. The number of aromatic nitrogens is 3. The summed E-state index contributed by atoms with van der Waals surface area (Å²) in [5, 5.41) is 19.5. The van der Waals surface area contributed by atoms with E-state index in [0.717, 1.165) is 31.7 Å². The van der Waals surface area contributed by atoms with Crippen LogP contribution in [-0.4, -0.2) is 149 Å². The van der Waals surface area contributed by atoms with Gasteiger partial charge in [-0.15, -0.1) is 11.3 Å². The molecule has 18 nitrogen and oxygen atoms in total. The number of pyridine rings is 1. The number of amides is 4. The molecule has 23 heteroatoms. The number of alkyl halides is 1. The third kappa shape index (κ3) is 12.3. The van der Waals surface area contributed by atoms with Gasteiger partial charge in [-0.05, 0) is 85.7 Å². The molecule has 414 valence electrons. The molecule has 2 unspecified atom stereocenters. The number of piperazine rings is 1. The first-order chi connectivity index (χ1) is 37.1. The Morgan fingerprint density at radius 2 is 1.67 bits per heavy atom. The van der Waals surface area contributed by atoms with Crippen LogP contribution in [0.4, 0.5) is 29.3 Å². The van der Waals surface area contributed by atoms with Crippen molar-refractivity contribution in [3.8, 4) is 21.6 Å². The lowest BCUT2D eigenvalue weighted by Gasteiger charge is -2.36. The van der Waals surface area contributed by atoms with E-state index >= 15 is 8.78 Å². The maximum absolute atomic E-state index is 15.8. The number of likely N-dealkylation sites (tertiary alicyclic amines) is 1. The fourth-order valence-electron chi connectivity index (χ4n) is 10.3. The van der Waals surface area contributed by atoms with E-state index in [-0.39, 0.29) is 66.4 Å². The van der Waals surface area contributed by atoms with Crippen molar-refractivity contribution >= 4 is 67.6 Å². The lowest BCUT2D eigenvalue weighted by Crippen LogP contribution is -2.59. The zero-order valence-corrected chi connectivity index (χ0v) is 45.6. The highest BCUT2D eigenvalue weighted by atomic mass is 32.2. The molecule has 3 aliphatic rings. The number of aryl methyl sites for hydroxylation is 1. The second-order valence-electron chi connectivity index (χ2n) is 21.2. The number of ketones is 1. The fourth-order valence-corrected chi connectivity index (χ4v) is 12.4. The molecule has 0 saturated carbocycles. The number of aliphatic hydroxyl groups excluding tert-OH is 1.